The van der Waals surface area contributed by atoms with Crippen molar-refractivity contribution in [3.05, 3.63) is 35.8 Å². The summed E-state index contributed by atoms with van der Waals surface area (Å²) >= 11 is 0. The number of hydrogen-bond donors (Lipinski definition) is 1. The first kappa shape index (κ1) is 14.0. The minimum Gasteiger partial charge on any atom is -0.480 e. The monoisotopic (exact) mass is 288 g/mol. The molecule has 1 fully saturated rings. The van der Waals surface area contributed by atoms with E-state index in [1.165, 1.54) is 32.8 Å². The third-order valence-electron chi connectivity index (χ3n) is 3.98. The van der Waals surface area contributed by atoms with Crippen molar-refractivity contribution in [1.29, 1.82) is 0 Å². The van der Waals surface area contributed by atoms with E-state index in [2.05, 4.69) is 15.3 Å². The van der Waals surface area contributed by atoms with Crippen LogP contribution < -0.4 is 4.74 Å². The maximum Gasteiger partial charge on any atom is 0.233 e. The Labute approximate surface area is 123 Å². The summed E-state index contributed by atoms with van der Waals surface area (Å²) < 4.78 is 6.99. The molecule has 0 saturated heterocycles. The van der Waals surface area contributed by atoms with Gasteiger partial charge in [-0.25, -0.2) is 0 Å². The lowest BCUT2D eigenvalue weighted by atomic mass is 10.1. The number of aliphatic hydroxyl groups excluding tert-OH is 1. The van der Waals surface area contributed by atoms with Crippen LogP contribution >= 0.6 is 0 Å². The molecule has 1 N–H and O–H groups in total. The first-order chi connectivity index (χ1) is 10.3. The van der Waals surface area contributed by atoms with Gasteiger partial charge in [0.1, 0.15) is 6.10 Å². The lowest BCUT2D eigenvalue weighted by Gasteiger charge is -2.10. The lowest BCUT2D eigenvalue weighted by Crippen LogP contribution is -2.08. The fraction of sp³-hybridized carbons (Fsp3) is 0.533. The summed E-state index contributed by atoms with van der Waals surface area (Å²) in [5, 5.41) is 22.6. The molecule has 21 heavy (non-hydrogen) atoms. The number of rotatable bonds is 5. The molecule has 1 unspecified atom stereocenters. The number of aliphatic hydroxyl groups is 1. The zero-order valence-electron chi connectivity index (χ0n) is 12.1. The molecule has 0 aliphatic heterocycles. The van der Waals surface area contributed by atoms with Gasteiger partial charge in [-0.3, -0.25) is 4.68 Å². The maximum atomic E-state index is 10.2. The Kier molecular flexibility index (Phi) is 4.15. The Morgan fingerprint density at radius 1 is 1.29 bits per heavy atom. The Bertz CT molecular complexity index is 576. The molecule has 0 spiro atoms. The highest BCUT2D eigenvalue weighted by Crippen LogP contribution is 2.29. The van der Waals surface area contributed by atoms with Gasteiger partial charge in [0.2, 0.25) is 5.88 Å². The SMILES string of the molecule is COc1ccc(C(O)Cc2ccn(C3CCCC3)n2)nn1. The Morgan fingerprint density at radius 2 is 2.10 bits per heavy atom. The minimum absolute atomic E-state index is 0.441. The van der Waals surface area contributed by atoms with Crippen molar-refractivity contribution >= 4 is 0 Å². The van der Waals surface area contributed by atoms with Crippen LogP contribution in [0.25, 0.3) is 0 Å². The van der Waals surface area contributed by atoms with E-state index < -0.39 is 6.10 Å². The summed E-state index contributed by atoms with van der Waals surface area (Å²) in [6.07, 6.45) is 6.73. The molecule has 0 aromatic carbocycles. The maximum absolute atomic E-state index is 10.2. The van der Waals surface area contributed by atoms with Gasteiger partial charge >= 0.3 is 0 Å². The van der Waals surface area contributed by atoms with Crippen LogP contribution in [-0.2, 0) is 6.42 Å². The molecule has 6 heteroatoms. The van der Waals surface area contributed by atoms with Crippen LogP contribution in [0.2, 0.25) is 0 Å². The third kappa shape index (κ3) is 3.21. The summed E-state index contributed by atoms with van der Waals surface area (Å²) in [7, 11) is 1.54. The Balaban J connectivity index is 1.64. The highest BCUT2D eigenvalue weighted by Gasteiger charge is 2.19. The summed E-state index contributed by atoms with van der Waals surface area (Å²) in [5.41, 5.74) is 1.42. The molecular weight excluding hydrogens is 268 g/mol. The minimum atomic E-state index is -0.699. The number of methoxy groups -OCH3 is 1. The number of ether oxygens (including phenoxy) is 1. The first-order valence-electron chi connectivity index (χ1n) is 7.36. The van der Waals surface area contributed by atoms with E-state index in [4.69, 9.17) is 4.74 Å². The van der Waals surface area contributed by atoms with Gasteiger partial charge < -0.3 is 9.84 Å². The third-order valence-corrected chi connectivity index (χ3v) is 3.98. The number of nitrogens with zero attached hydrogens (tertiary/aromatic N) is 4. The van der Waals surface area contributed by atoms with Crippen molar-refractivity contribution < 1.29 is 9.84 Å². The molecule has 6 nitrogen and oxygen atoms in total. The van der Waals surface area contributed by atoms with Gasteiger partial charge in [-0.05, 0) is 25.0 Å². The van der Waals surface area contributed by atoms with Gasteiger partial charge in [0, 0.05) is 18.7 Å². The molecule has 2 aromatic heterocycles. The number of aromatic nitrogens is 4. The van der Waals surface area contributed by atoms with Gasteiger partial charge in [-0.1, -0.05) is 12.8 Å². The van der Waals surface area contributed by atoms with E-state index in [0.717, 1.165) is 5.69 Å². The summed E-state index contributed by atoms with van der Waals surface area (Å²) in [5.74, 6) is 0.441. The molecular formula is C15H20N4O2. The normalized spacial score (nSPS) is 17.0. The topological polar surface area (TPSA) is 73.1 Å². The highest BCUT2D eigenvalue weighted by molar-refractivity contribution is 5.15. The fourth-order valence-electron chi connectivity index (χ4n) is 2.78. The molecule has 0 radical (unpaired) electrons. The lowest BCUT2D eigenvalue weighted by molar-refractivity contribution is 0.170. The van der Waals surface area contributed by atoms with Crippen molar-refractivity contribution in [2.75, 3.05) is 7.11 Å². The van der Waals surface area contributed by atoms with Crippen molar-refractivity contribution in [3.63, 3.8) is 0 Å². The fourth-order valence-corrected chi connectivity index (χ4v) is 2.78. The molecule has 1 aliphatic carbocycles. The van der Waals surface area contributed by atoms with E-state index in [1.54, 1.807) is 12.1 Å². The zero-order chi connectivity index (χ0) is 14.7. The van der Waals surface area contributed by atoms with Crippen molar-refractivity contribution in [2.45, 2.75) is 44.2 Å². The van der Waals surface area contributed by atoms with Crippen LogP contribution in [0.5, 0.6) is 5.88 Å². The molecule has 3 rings (SSSR count). The average molecular weight is 288 g/mol. The molecule has 2 aromatic rings. The van der Waals surface area contributed by atoms with Crippen LogP contribution in [0, 0.1) is 0 Å². The average Bonchev–Trinajstić information content (AvgIpc) is 3.18. The molecule has 2 heterocycles. The Morgan fingerprint density at radius 3 is 2.76 bits per heavy atom. The predicted octanol–water partition coefficient (Wildman–Crippen LogP) is 2.07. The Hall–Kier alpha value is -1.95. The summed E-state index contributed by atoms with van der Waals surface area (Å²) in [6.45, 7) is 0. The van der Waals surface area contributed by atoms with Gasteiger partial charge in [0.05, 0.1) is 24.5 Å². The van der Waals surface area contributed by atoms with E-state index in [0.29, 0.717) is 24.0 Å². The van der Waals surface area contributed by atoms with Crippen LogP contribution in [0.1, 0.15) is 49.2 Å². The quantitative estimate of drug-likeness (QED) is 0.911. The van der Waals surface area contributed by atoms with Crippen LogP contribution in [-0.4, -0.2) is 32.2 Å². The molecule has 0 amide bonds. The second-order valence-electron chi connectivity index (χ2n) is 5.45. The van der Waals surface area contributed by atoms with Crippen molar-refractivity contribution in [3.8, 4) is 5.88 Å². The molecule has 0 bridgehead atoms. The largest absolute Gasteiger partial charge is 0.480 e. The standard InChI is InChI=1S/C15H20N4O2/c1-21-15-7-6-13(16-17-15)14(20)10-11-8-9-19(18-11)12-4-2-3-5-12/h6-9,12,14,20H,2-5,10H2,1H3. The molecule has 112 valence electrons. The van der Waals surface area contributed by atoms with Crippen LogP contribution in [0.15, 0.2) is 24.4 Å². The van der Waals surface area contributed by atoms with E-state index >= 15 is 0 Å². The van der Waals surface area contributed by atoms with Gasteiger partial charge in [-0.15, -0.1) is 10.2 Å². The van der Waals surface area contributed by atoms with Gasteiger partial charge in [0.25, 0.3) is 0 Å². The first-order valence-corrected chi connectivity index (χ1v) is 7.36. The van der Waals surface area contributed by atoms with Gasteiger partial charge in [0.15, 0.2) is 0 Å². The summed E-state index contributed by atoms with van der Waals surface area (Å²) in [4.78, 5) is 0. The highest BCUT2D eigenvalue weighted by atomic mass is 16.5. The van der Waals surface area contributed by atoms with E-state index in [-0.39, 0.29) is 0 Å². The van der Waals surface area contributed by atoms with Gasteiger partial charge in [-0.2, -0.15) is 5.10 Å². The predicted molar refractivity (Wildman–Crippen MR) is 77.0 cm³/mol. The van der Waals surface area contributed by atoms with Crippen LogP contribution in [0.3, 0.4) is 0 Å². The second-order valence-corrected chi connectivity index (χ2v) is 5.45. The van der Waals surface area contributed by atoms with Crippen LogP contribution in [0.4, 0.5) is 0 Å². The number of hydrogen-bond acceptors (Lipinski definition) is 5. The molecule has 1 aliphatic rings. The zero-order valence-corrected chi connectivity index (χ0v) is 12.1. The summed E-state index contributed by atoms with van der Waals surface area (Å²) in [6, 6.07) is 5.92. The second kappa shape index (κ2) is 6.22. The van der Waals surface area contributed by atoms with Crippen molar-refractivity contribution in [2.24, 2.45) is 0 Å². The van der Waals surface area contributed by atoms with Crippen molar-refractivity contribution in [1.82, 2.24) is 20.0 Å². The molecule has 1 atom stereocenters. The van der Waals surface area contributed by atoms with E-state index in [1.807, 2.05) is 16.9 Å². The molecule has 1 saturated carbocycles. The smallest absolute Gasteiger partial charge is 0.233 e. The van der Waals surface area contributed by atoms with E-state index in [9.17, 15) is 5.11 Å².